The second-order valence-electron chi connectivity index (χ2n) is 4.43. The minimum atomic E-state index is -0.819. The Hall–Kier alpha value is 0.230. The summed E-state index contributed by atoms with van der Waals surface area (Å²) in [6.07, 6.45) is 1.14. The zero-order valence-corrected chi connectivity index (χ0v) is 12.5. The summed E-state index contributed by atoms with van der Waals surface area (Å²) in [6.45, 7) is 1.98. The molecule has 1 heterocycles. The number of rotatable bonds is 2. The predicted molar refractivity (Wildman–Crippen MR) is 74.2 cm³/mol. The molecule has 0 spiro atoms. The van der Waals surface area contributed by atoms with Crippen molar-refractivity contribution < 1.29 is 9.50 Å². The number of benzene rings is 1. The molecule has 0 amide bonds. The Morgan fingerprint density at radius 1 is 1.59 bits per heavy atom. The van der Waals surface area contributed by atoms with Crippen LogP contribution in [-0.4, -0.2) is 15.6 Å². The lowest BCUT2D eigenvalue weighted by molar-refractivity contribution is 0.131. The van der Waals surface area contributed by atoms with Gasteiger partial charge in [-0.15, -0.1) is 0 Å². The van der Waals surface area contributed by atoms with Crippen LogP contribution in [0.15, 0.2) is 16.6 Å². The number of hydrogen-bond donors (Lipinski definition) is 1. The highest BCUT2D eigenvalue weighted by atomic mass is 79.9. The molecule has 1 aromatic rings. The van der Waals surface area contributed by atoms with Crippen molar-refractivity contribution in [2.75, 3.05) is 5.75 Å². The van der Waals surface area contributed by atoms with E-state index < -0.39 is 11.9 Å². The Kier molecular flexibility index (Phi) is 4.08. The first kappa shape index (κ1) is 13.7. The summed E-state index contributed by atoms with van der Waals surface area (Å²) in [7, 11) is 0. The molecule has 1 fully saturated rings. The molecule has 0 aliphatic carbocycles. The van der Waals surface area contributed by atoms with Crippen LogP contribution in [0.4, 0.5) is 4.39 Å². The average molecular weight is 340 g/mol. The van der Waals surface area contributed by atoms with E-state index in [1.807, 2.05) is 6.92 Å². The highest BCUT2D eigenvalue weighted by molar-refractivity contribution is 9.10. The van der Waals surface area contributed by atoms with E-state index in [9.17, 15) is 9.50 Å². The normalized spacial score (nSPS) is 26.2. The molecule has 2 unspecified atom stereocenters. The lowest BCUT2D eigenvalue weighted by Gasteiger charge is -2.29. The standard InChI is InChI=1S/C12H13BrClFOS/c1-12(5-2-6-17-12)11(16)7-3-4-8(13)9(14)10(7)15/h3-4,11,16H,2,5-6H2,1H3. The van der Waals surface area contributed by atoms with Crippen LogP contribution in [0.1, 0.15) is 31.4 Å². The number of aliphatic hydroxyl groups excluding tert-OH is 1. The molecule has 1 aliphatic heterocycles. The largest absolute Gasteiger partial charge is 0.387 e. The summed E-state index contributed by atoms with van der Waals surface area (Å²) < 4.78 is 14.2. The van der Waals surface area contributed by atoms with Gasteiger partial charge in [0, 0.05) is 14.8 Å². The third kappa shape index (κ3) is 2.50. The van der Waals surface area contributed by atoms with Crippen LogP contribution in [0.25, 0.3) is 0 Å². The molecule has 1 saturated heterocycles. The second-order valence-corrected chi connectivity index (χ2v) is 7.29. The second kappa shape index (κ2) is 5.08. The van der Waals surface area contributed by atoms with E-state index in [2.05, 4.69) is 15.9 Å². The van der Waals surface area contributed by atoms with E-state index in [0.717, 1.165) is 18.6 Å². The van der Waals surface area contributed by atoms with Gasteiger partial charge in [0.05, 0.1) is 11.1 Å². The summed E-state index contributed by atoms with van der Waals surface area (Å²) in [5, 5.41) is 10.4. The van der Waals surface area contributed by atoms with E-state index >= 15 is 0 Å². The van der Waals surface area contributed by atoms with Gasteiger partial charge in [-0.25, -0.2) is 4.39 Å². The lowest BCUT2D eigenvalue weighted by Crippen LogP contribution is -2.27. The van der Waals surface area contributed by atoms with Crippen LogP contribution >= 0.6 is 39.3 Å². The quantitative estimate of drug-likeness (QED) is 0.797. The van der Waals surface area contributed by atoms with Crippen molar-refractivity contribution in [3.05, 3.63) is 33.0 Å². The molecule has 1 aliphatic rings. The topological polar surface area (TPSA) is 20.2 Å². The highest BCUT2D eigenvalue weighted by Gasteiger charge is 2.39. The number of aliphatic hydroxyl groups is 1. The summed E-state index contributed by atoms with van der Waals surface area (Å²) in [6, 6.07) is 3.27. The van der Waals surface area contributed by atoms with Gasteiger partial charge in [-0.05, 0) is 47.5 Å². The van der Waals surface area contributed by atoms with Gasteiger partial charge in [0.2, 0.25) is 0 Å². The minimum Gasteiger partial charge on any atom is -0.387 e. The predicted octanol–water partition coefficient (Wildman–Crippen LogP) is 4.56. The number of hydrogen-bond acceptors (Lipinski definition) is 2. The maximum absolute atomic E-state index is 14.0. The molecule has 17 heavy (non-hydrogen) atoms. The summed E-state index contributed by atoms with van der Waals surface area (Å²) >= 11 is 10.7. The Bertz CT molecular complexity index is 435. The molecular formula is C12H13BrClFOS. The molecule has 0 aromatic heterocycles. The van der Waals surface area contributed by atoms with Gasteiger partial charge in [0.15, 0.2) is 0 Å². The molecule has 1 aromatic carbocycles. The zero-order chi connectivity index (χ0) is 12.6. The van der Waals surface area contributed by atoms with Crippen LogP contribution in [0, 0.1) is 5.82 Å². The van der Waals surface area contributed by atoms with Crippen molar-refractivity contribution in [1.29, 1.82) is 0 Å². The van der Waals surface area contributed by atoms with Crippen molar-refractivity contribution in [3.8, 4) is 0 Å². The van der Waals surface area contributed by atoms with Crippen molar-refractivity contribution in [2.45, 2.75) is 30.6 Å². The Morgan fingerprint density at radius 2 is 2.29 bits per heavy atom. The lowest BCUT2D eigenvalue weighted by atomic mass is 9.92. The smallest absolute Gasteiger partial charge is 0.148 e. The van der Waals surface area contributed by atoms with Crippen LogP contribution in [0.3, 0.4) is 0 Å². The third-order valence-corrected chi connectivity index (χ3v) is 6.03. The summed E-state index contributed by atoms with van der Waals surface area (Å²) in [5.41, 5.74) is 0.287. The van der Waals surface area contributed by atoms with E-state index in [-0.39, 0.29) is 15.3 Å². The first-order valence-corrected chi connectivity index (χ1v) is 7.57. The van der Waals surface area contributed by atoms with Gasteiger partial charge in [0.25, 0.3) is 0 Å². The number of thioether (sulfide) groups is 1. The van der Waals surface area contributed by atoms with Gasteiger partial charge in [-0.2, -0.15) is 11.8 Å². The van der Waals surface area contributed by atoms with Crippen LogP contribution in [-0.2, 0) is 0 Å². The fraction of sp³-hybridized carbons (Fsp3) is 0.500. The van der Waals surface area contributed by atoms with E-state index in [0.29, 0.717) is 4.47 Å². The molecule has 1 N–H and O–H groups in total. The Labute approximate surface area is 118 Å². The van der Waals surface area contributed by atoms with Gasteiger partial charge in [-0.1, -0.05) is 17.7 Å². The average Bonchev–Trinajstić information content (AvgIpc) is 2.74. The van der Waals surface area contributed by atoms with Crippen LogP contribution in [0.5, 0.6) is 0 Å². The van der Waals surface area contributed by atoms with E-state index in [1.54, 1.807) is 23.9 Å². The van der Waals surface area contributed by atoms with Gasteiger partial charge >= 0.3 is 0 Å². The van der Waals surface area contributed by atoms with Gasteiger partial charge in [0.1, 0.15) is 5.82 Å². The maximum Gasteiger partial charge on any atom is 0.148 e. The summed E-state index contributed by atoms with van der Waals surface area (Å²) in [4.78, 5) is 0. The minimum absolute atomic E-state index is 0.0353. The molecule has 1 nitrogen and oxygen atoms in total. The van der Waals surface area contributed by atoms with Crippen LogP contribution in [0.2, 0.25) is 5.02 Å². The van der Waals surface area contributed by atoms with Crippen molar-refractivity contribution in [3.63, 3.8) is 0 Å². The third-order valence-electron chi connectivity index (χ3n) is 3.19. The number of halogens is 3. The zero-order valence-electron chi connectivity index (χ0n) is 9.34. The Balaban J connectivity index is 2.37. The molecule has 0 radical (unpaired) electrons. The molecule has 2 atom stereocenters. The van der Waals surface area contributed by atoms with E-state index in [4.69, 9.17) is 11.6 Å². The monoisotopic (exact) mass is 338 g/mol. The van der Waals surface area contributed by atoms with Crippen molar-refractivity contribution >= 4 is 39.3 Å². The van der Waals surface area contributed by atoms with Crippen molar-refractivity contribution in [2.24, 2.45) is 0 Å². The van der Waals surface area contributed by atoms with Gasteiger partial charge < -0.3 is 5.11 Å². The fourth-order valence-corrected chi connectivity index (χ4v) is 3.90. The molecule has 0 bridgehead atoms. The fourth-order valence-electron chi connectivity index (χ4n) is 2.10. The highest BCUT2D eigenvalue weighted by Crippen LogP contribution is 2.47. The Morgan fingerprint density at radius 3 is 2.88 bits per heavy atom. The van der Waals surface area contributed by atoms with Crippen LogP contribution < -0.4 is 0 Å². The first-order valence-electron chi connectivity index (χ1n) is 5.41. The van der Waals surface area contributed by atoms with E-state index in [1.165, 1.54) is 0 Å². The molecule has 2 rings (SSSR count). The summed E-state index contributed by atoms with van der Waals surface area (Å²) in [5.74, 6) is 0.488. The first-order chi connectivity index (χ1) is 7.96. The maximum atomic E-state index is 14.0. The molecule has 5 heteroatoms. The molecule has 94 valence electrons. The van der Waals surface area contributed by atoms with Gasteiger partial charge in [-0.3, -0.25) is 0 Å². The van der Waals surface area contributed by atoms with Crippen molar-refractivity contribution in [1.82, 2.24) is 0 Å². The SMILES string of the molecule is CC1(C(O)c2ccc(Br)c(Cl)c2F)CCCS1. The molecule has 0 saturated carbocycles. The molecular weight excluding hydrogens is 327 g/mol.